The smallest absolute Gasteiger partial charge is 0.326 e. The molecule has 19 heavy (non-hydrogen) atoms. The maximum Gasteiger partial charge on any atom is 0.326 e. The molecule has 0 radical (unpaired) electrons. The molecule has 1 aliphatic rings. The maximum atomic E-state index is 12.1. The molecule has 0 aromatic rings. The number of rotatable bonds is 7. The third-order valence-electron chi connectivity index (χ3n) is 2.64. The minimum Gasteiger partial charge on any atom is -0.432 e. The molecule has 3 unspecified atom stereocenters. The lowest BCUT2D eigenvalue weighted by Crippen LogP contribution is -2.47. The molecule has 1 N–H and O–H groups in total. The number of esters is 1. The molecule has 6 nitrogen and oxygen atoms in total. The van der Waals surface area contributed by atoms with Crippen molar-refractivity contribution in [1.82, 2.24) is 5.32 Å². The van der Waals surface area contributed by atoms with E-state index in [-0.39, 0.29) is 10.1 Å². The fourth-order valence-corrected chi connectivity index (χ4v) is 3.24. The van der Waals surface area contributed by atoms with Crippen molar-refractivity contribution in [3.8, 4) is 0 Å². The van der Waals surface area contributed by atoms with Crippen LogP contribution in [-0.2, 0) is 24.1 Å². The number of thioether (sulfide) groups is 1. The van der Waals surface area contributed by atoms with E-state index in [0.717, 1.165) is 6.29 Å². The largest absolute Gasteiger partial charge is 0.432 e. The molecule has 1 aliphatic heterocycles. The summed E-state index contributed by atoms with van der Waals surface area (Å²) in [6, 6.07) is -0.477. The van der Waals surface area contributed by atoms with Gasteiger partial charge in [0.1, 0.15) is 12.3 Å². The maximum absolute atomic E-state index is 12.1. The van der Waals surface area contributed by atoms with E-state index in [2.05, 4.69) is 5.32 Å². The zero-order valence-corrected chi connectivity index (χ0v) is 12.5. The van der Waals surface area contributed by atoms with Crippen molar-refractivity contribution in [2.75, 3.05) is 6.61 Å². The third-order valence-corrected chi connectivity index (χ3v) is 4.10. The van der Waals surface area contributed by atoms with E-state index in [1.165, 1.54) is 0 Å². The number of aldehydes is 1. The van der Waals surface area contributed by atoms with Crippen LogP contribution >= 0.6 is 11.8 Å². The minimum atomic E-state index is -0.764. The van der Waals surface area contributed by atoms with E-state index in [0.29, 0.717) is 13.0 Å². The quantitative estimate of drug-likeness (QED) is 0.249. The van der Waals surface area contributed by atoms with E-state index >= 15 is 0 Å². The highest BCUT2D eigenvalue weighted by Gasteiger charge is 2.46. The first-order valence-electron chi connectivity index (χ1n) is 6.27. The van der Waals surface area contributed by atoms with Gasteiger partial charge in [0.25, 0.3) is 0 Å². The molecule has 110 valence electrons. The van der Waals surface area contributed by atoms with Crippen LogP contribution in [0.25, 0.3) is 0 Å². The first-order valence-corrected chi connectivity index (χ1v) is 7.15. The Kier molecular flexibility index (Phi) is 6.25. The second-order valence-corrected chi connectivity index (χ2v) is 6.58. The Hall–Kier alpha value is -0.630. The number of ether oxygens (including phenoxy) is 1. The fraction of sp³-hybridized carbons (Fsp3) is 0.833. The van der Waals surface area contributed by atoms with Crippen LogP contribution in [0.1, 0.15) is 34.1 Å². The predicted octanol–water partition coefficient (Wildman–Crippen LogP) is 1.24. The van der Waals surface area contributed by atoms with Crippen LogP contribution in [0.4, 0.5) is 0 Å². The normalized spacial score (nSPS) is 26.9. The molecule has 0 aliphatic carbocycles. The summed E-state index contributed by atoms with van der Waals surface area (Å²) in [5.41, 5.74) is 0. The van der Waals surface area contributed by atoms with Gasteiger partial charge >= 0.3 is 5.97 Å². The zero-order valence-electron chi connectivity index (χ0n) is 11.7. The van der Waals surface area contributed by atoms with Crippen molar-refractivity contribution >= 4 is 24.0 Å². The molecule has 1 heterocycles. The summed E-state index contributed by atoms with van der Waals surface area (Å²) in [6.07, 6.45) is 0.443. The van der Waals surface area contributed by atoms with E-state index in [1.807, 2.05) is 13.8 Å². The van der Waals surface area contributed by atoms with Crippen LogP contribution in [0.5, 0.6) is 0 Å². The SMILES string of the molecule is CCOOC(C)OC(=O)C1NC(CC=O)SC1(C)C. The van der Waals surface area contributed by atoms with Crippen LogP contribution < -0.4 is 5.32 Å². The predicted molar refractivity (Wildman–Crippen MR) is 71.3 cm³/mol. The Morgan fingerprint density at radius 3 is 2.79 bits per heavy atom. The van der Waals surface area contributed by atoms with Gasteiger partial charge in [0.15, 0.2) is 0 Å². The fourth-order valence-electron chi connectivity index (χ4n) is 1.83. The first kappa shape index (κ1) is 16.4. The number of carbonyl (C=O) groups excluding carboxylic acids is 2. The molecule has 1 saturated heterocycles. The van der Waals surface area contributed by atoms with E-state index in [4.69, 9.17) is 14.5 Å². The number of nitrogens with one attached hydrogen (secondary N) is 1. The van der Waals surface area contributed by atoms with Crippen molar-refractivity contribution in [2.45, 2.75) is 56.6 Å². The molecular formula is C12H21NO5S. The lowest BCUT2D eigenvalue weighted by atomic mass is 10.0. The van der Waals surface area contributed by atoms with Crippen molar-refractivity contribution < 1.29 is 24.1 Å². The molecule has 1 rings (SSSR count). The van der Waals surface area contributed by atoms with Gasteiger partial charge in [-0.2, -0.15) is 4.89 Å². The molecule has 7 heteroatoms. The van der Waals surface area contributed by atoms with Crippen molar-refractivity contribution in [3.05, 3.63) is 0 Å². The zero-order chi connectivity index (χ0) is 14.5. The molecule has 0 saturated carbocycles. The highest BCUT2D eigenvalue weighted by molar-refractivity contribution is 8.01. The van der Waals surface area contributed by atoms with Crippen LogP contribution in [0, 0.1) is 0 Å². The summed E-state index contributed by atoms with van der Waals surface area (Å²) in [4.78, 5) is 32.2. The number of carbonyl (C=O) groups is 2. The monoisotopic (exact) mass is 291 g/mol. The number of hydrogen-bond acceptors (Lipinski definition) is 7. The molecule has 0 amide bonds. The Balaban J connectivity index is 2.53. The molecule has 0 aromatic carbocycles. The van der Waals surface area contributed by atoms with Gasteiger partial charge in [0, 0.05) is 18.1 Å². The second kappa shape index (κ2) is 7.23. The van der Waals surface area contributed by atoms with Gasteiger partial charge in [-0.3, -0.25) is 10.1 Å². The van der Waals surface area contributed by atoms with E-state index in [9.17, 15) is 9.59 Å². The Labute approximate surface area is 117 Å². The summed E-state index contributed by atoms with van der Waals surface area (Å²) in [7, 11) is 0. The average molecular weight is 291 g/mol. The topological polar surface area (TPSA) is 73.9 Å². The number of hydrogen-bond donors (Lipinski definition) is 1. The molecule has 1 fully saturated rings. The Bertz CT molecular complexity index is 323. The molecular weight excluding hydrogens is 270 g/mol. The van der Waals surface area contributed by atoms with Crippen molar-refractivity contribution in [1.29, 1.82) is 0 Å². The van der Waals surface area contributed by atoms with Gasteiger partial charge in [0.05, 0.1) is 12.0 Å². The third kappa shape index (κ3) is 4.76. The molecule has 0 aromatic heterocycles. The van der Waals surface area contributed by atoms with Crippen molar-refractivity contribution in [3.63, 3.8) is 0 Å². The van der Waals surface area contributed by atoms with Crippen LogP contribution in [0.2, 0.25) is 0 Å². The van der Waals surface area contributed by atoms with E-state index in [1.54, 1.807) is 25.6 Å². The van der Waals surface area contributed by atoms with Crippen molar-refractivity contribution in [2.24, 2.45) is 0 Å². The summed E-state index contributed by atoms with van der Waals surface area (Å²) in [5, 5.41) is 3.04. The second-order valence-electron chi connectivity index (χ2n) is 4.72. The Morgan fingerprint density at radius 1 is 1.53 bits per heavy atom. The van der Waals surface area contributed by atoms with Gasteiger partial charge in [-0.25, -0.2) is 4.89 Å². The molecule has 3 atom stereocenters. The van der Waals surface area contributed by atoms with Crippen LogP contribution in [0.15, 0.2) is 0 Å². The van der Waals surface area contributed by atoms with Gasteiger partial charge in [0.2, 0.25) is 6.29 Å². The van der Waals surface area contributed by atoms with Crippen LogP contribution in [-0.4, -0.2) is 41.3 Å². The summed E-state index contributed by atoms with van der Waals surface area (Å²) < 4.78 is 4.81. The highest BCUT2D eigenvalue weighted by Crippen LogP contribution is 2.39. The minimum absolute atomic E-state index is 0.0619. The first-order chi connectivity index (χ1) is 8.90. The highest BCUT2D eigenvalue weighted by atomic mass is 32.2. The molecule has 0 bridgehead atoms. The summed E-state index contributed by atoms with van der Waals surface area (Å²) >= 11 is 1.56. The van der Waals surface area contributed by atoms with Gasteiger partial charge in [-0.15, -0.1) is 11.8 Å². The van der Waals surface area contributed by atoms with Crippen LogP contribution in [0.3, 0.4) is 0 Å². The lowest BCUT2D eigenvalue weighted by molar-refractivity contribution is -0.363. The van der Waals surface area contributed by atoms with E-state index < -0.39 is 18.3 Å². The van der Waals surface area contributed by atoms with Gasteiger partial charge in [-0.05, 0) is 20.8 Å². The summed E-state index contributed by atoms with van der Waals surface area (Å²) in [6.45, 7) is 7.62. The van der Waals surface area contributed by atoms with Gasteiger partial charge < -0.3 is 9.53 Å². The summed E-state index contributed by atoms with van der Waals surface area (Å²) in [5.74, 6) is -0.405. The average Bonchev–Trinajstić information content (AvgIpc) is 2.62. The lowest BCUT2D eigenvalue weighted by Gasteiger charge is -2.24. The standard InChI is InChI=1S/C12H21NO5S/c1-5-16-18-8(2)17-11(15)10-12(3,4)19-9(13-10)6-7-14/h7-10,13H,5-6H2,1-4H3. The Morgan fingerprint density at radius 2 is 2.21 bits per heavy atom. The molecule has 0 spiro atoms. The van der Waals surface area contributed by atoms with Gasteiger partial charge in [-0.1, -0.05) is 0 Å².